The molecule has 0 unspecified atom stereocenters. The van der Waals surface area contributed by atoms with E-state index in [9.17, 15) is 52.8 Å². The highest BCUT2D eigenvalue weighted by molar-refractivity contribution is 8.13. The summed E-state index contributed by atoms with van der Waals surface area (Å²) in [7, 11) is -12.1. The Hall–Kier alpha value is -2.67. The number of hydrogen-bond acceptors (Lipinski definition) is 7. The zero-order chi connectivity index (χ0) is 29.9. The van der Waals surface area contributed by atoms with E-state index >= 15 is 0 Å². The van der Waals surface area contributed by atoms with Crippen molar-refractivity contribution in [1.82, 2.24) is 10.6 Å². The summed E-state index contributed by atoms with van der Waals surface area (Å²) in [5.41, 5.74) is -11.4. The summed E-state index contributed by atoms with van der Waals surface area (Å²) < 4.78 is 116. The third kappa shape index (κ3) is 11.4. The summed E-state index contributed by atoms with van der Waals surface area (Å²) in [6.45, 7) is 7.19. The molecule has 1 aromatic rings. The topological polar surface area (TPSA) is 154 Å². The van der Waals surface area contributed by atoms with Gasteiger partial charge in [-0.25, -0.2) is 31.0 Å². The average Bonchev–Trinajstić information content (AvgIpc) is 2.78. The number of nitrogens with one attached hydrogen (secondary N) is 2. The molecule has 2 amide bonds. The zero-order valence-electron chi connectivity index (χ0n) is 20.6. The van der Waals surface area contributed by atoms with Gasteiger partial charge in [0.05, 0.1) is 7.11 Å². The van der Waals surface area contributed by atoms with Crippen molar-refractivity contribution >= 4 is 32.0 Å². The normalized spacial score (nSPS) is 13.2. The van der Waals surface area contributed by atoms with Crippen molar-refractivity contribution in [2.75, 3.05) is 7.11 Å². The number of hydrogen-bond donors (Lipinski definition) is 2. The van der Waals surface area contributed by atoms with Crippen molar-refractivity contribution in [3.63, 3.8) is 0 Å². The maximum Gasteiger partial charge on any atom is 0.480 e. The van der Waals surface area contributed by atoms with Crippen molar-refractivity contribution in [2.24, 2.45) is 5.92 Å². The number of methoxy groups -OCH3 is 1. The molecule has 1 atom stereocenters. The van der Waals surface area contributed by atoms with E-state index in [1.165, 1.54) is 7.11 Å². The van der Waals surface area contributed by atoms with Gasteiger partial charge in [0, 0.05) is 18.6 Å². The summed E-state index contributed by atoms with van der Waals surface area (Å²) in [6.07, 6.45) is 4.21. The van der Waals surface area contributed by atoms with Crippen LogP contribution in [0.5, 0.6) is 0 Å². The Kier molecular flexibility index (Phi) is 13.5. The van der Waals surface area contributed by atoms with E-state index in [-0.39, 0.29) is 11.9 Å². The van der Waals surface area contributed by atoms with Crippen LogP contribution in [0.25, 0.3) is 4.13 Å². The Labute approximate surface area is 216 Å². The summed E-state index contributed by atoms with van der Waals surface area (Å²) in [5, 5.41) is 5.47. The maximum absolute atomic E-state index is 12.0. The van der Waals surface area contributed by atoms with Crippen LogP contribution in [0.15, 0.2) is 24.4 Å². The fourth-order valence-electron chi connectivity index (χ4n) is 2.42. The lowest BCUT2D eigenvalue weighted by atomic mass is 10.1. The Balaban J connectivity index is 0.000000793. The molecule has 0 saturated heterocycles. The summed E-state index contributed by atoms with van der Waals surface area (Å²) >= 11 is 0. The Morgan fingerprint density at radius 2 is 1.55 bits per heavy atom. The fourth-order valence-corrected chi connectivity index (χ4v) is 4.13. The van der Waals surface area contributed by atoms with E-state index in [2.05, 4.69) is 22.1 Å². The Morgan fingerprint density at radius 1 is 1.03 bits per heavy atom. The van der Waals surface area contributed by atoms with Crippen molar-refractivity contribution in [1.29, 1.82) is 0 Å². The highest BCUT2D eigenvalue weighted by Gasteiger charge is 2.46. The second-order valence-electron chi connectivity index (χ2n) is 7.73. The van der Waals surface area contributed by atoms with Gasteiger partial charge in [-0.15, -0.1) is 0 Å². The minimum Gasteiger partial charge on any atom is -0.467 e. The highest BCUT2D eigenvalue weighted by atomic mass is 32.3. The van der Waals surface area contributed by atoms with Gasteiger partial charge in [-0.2, -0.15) is 26.3 Å². The number of carbonyl (C=O) groups excluding carboxylic acids is 2. The van der Waals surface area contributed by atoms with Crippen LogP contribution in [-0.2, 0) is 42.7 Å². The SMILES string of the molecule is CCCC[n+]1ccccc1CNC(=O)N[C@H](C(=O)OC)C(C)C.O=S(=O)([N-]S(=O)(=O)C(F)(F)F)C(F)(F)F. The number of amides is 2. The van der Waals surface area contributed by atoms with Crippen molar-refractivity contribution in [3.8, 4) is 0 Å². The van der Waals surface area contributed by atoms with Crippen LogP contribution in [0.4, 0.5) is 31.1 Å². The summed E-state index contributed by atoms with van der Waals surface area (Å²) in [4.78, 5) is 23.7. The zero-order valence-corrected chi connectivity index (χ0v) is 22.3. The molecule has 0 radical (unpaired) electrons. The number of esters is 1. The van der Waals surface area contributed by atoms with Crippen LogP contribution in [0.2, 0.25) is 0 Å². The number of nitrogens with zero attached hydrogens (tertiary/aromatic N) is 2. The lowest BCUT2D eigenvalue weighted by Gasteiger charge is -2.22. The maximum atomic E-state index is 12.0. The Bertz CT molecular complexity index is 1100. The molecular weight excluding hydrogens is 574 g/mol. The number of carbonyl (C=O) groups is 2. The first kappa shape index (κ1) is 35.3. The molecule has 1 rings (SSSR count). The van der Waals surface area contributed by atoms with Gasteiger partial charge in [-0.1, -0.05) is 33.3 Å². The Morgan fingerprint density at radius 3 is 1.97 bits per heavy atom. The minimum absolute atomic E-state index is 0.0422. The molecule has 11 nitrogen and oxygen atoms in total. The molecule has 2 N–H and O–H groups in total. The molecular formula is C19H28F6N4O7S2. The van der Waals surface area contributed by atoms with E-state index in [4.69, 9.17) is 4.74 Å². The van der Waals surface area contributed by atoms with Gasteiger partial charge in [-0.3, -0.25) is 0 Å². The third-order valence-corrected chi connectivity index (χ3v) is 7.15. The molecule has 19 heteroatoms. The molecule has 220 valence electrons. The van der Waals surface area contributed by atoms with E-state index < -0.39 is 43.1 Å². The molecule has 0 aromatic carbocycles. The number of ether oxygens (including phenoxy) is 1. The van der Waals surface area contributed by atoms with Crippen LogP contribution in [0.1, 0.15) is 39.3 Å². The second-order valence-corrected chi connectivity index (χ2v) is 11.1. The molecule has 0 fully saturated rings. The predicted molar refractivity (Wildman–Crippen MR) is 121 cm³/mol. The lowest BCUT2D eigenvalue weighted by molar-refractivity contribution is -0.704. The standard InChI is InChI=1S/C17H27N3O3.C2F6NO4S2/c1-5-6-10-20-11-8-7-9-14(20)12-18-17(22)19-15(13(2)3)16(21)23-4;3-1(4,5)14(10,11)9-15(12,13)2(6,7)8/h7-9,11,13,15H,5-6,10,12H2,1-4H3,(H-,18,19,22);/q;-1/p+1/t15-;/m0./s1. The number of rotatable bonds is 10. The van der Waals surface area contributed by atoms with Crippen molar-refractivity contribution in [2.45, 2.75) is 63.8 Å². The van der Waals surface area contributed by atoms with Gasteiger partial charge >= 0.3 is 23.0 Å². The van der Waals surface area contributed by atoms with Gasteiger partial charge in [0.2, 0.25) is 5.69 Å². The number of aryl methyl sites for hydroxylation is 1. The molecule has 0 aliphatic rings. The molecule has 0 bridgehead atoms. The largest absolute Gasteiger partial charge is 0.480 e. The smallest absolute Gasteiger partial charge is 0.467 e. The lowest BCUT2D eigenvalue weighted by Crippen LogP contribution is -2.50. The first-order chi connectivity index (χ1) is 17.2. The van der Waals surface area contributed by atoms with Gasteiger partial charge in [0.15, 0.2) is 26.2 Å². The molecule has 0 aliphatic heterocycles. The van der Waals surface area contributed by atoms with Gasteiger partial charge in [0.1, 0.15) is 19.1 Å². The number of urea groups is 1. The number of alkyl halides is 6. The number of halogens is 6. The van der Waals surface area contributed by atoms with Crippen LogP contribution >= 0.6 is 0 Å². The molecule has 0 saturated carbocycles. The number of aromatic nitrogens is 1. The molecule has 0 spiro atoms. The third-order valence-electron chi connectivity index (χ3n) is 4.41. The number of pyridine rings is 1. The van der Waals surface area contributed by atoms with Gasteiger partial charge in [-0.05, 0) is 5.92 Å². The van der Waals surface area contributed by atoms with Crippen LogP contribution in [-0.4, -0.2) is 53.0 Å². The average molecular weight is 603 g/mol. The van der Waals surface area contributed by atoms with Crippen LogP contribution in [0, 0.1) is 5.92 Å². The van der Waals surface area contributed by atoms with Crippen molar-refractivity contribution < 1.29 is 62.1 Å². The molecule has 1 aromatic heterocycles. The molecule has 0 aliphatic carbocycles. The predicted octanol–water partition coefficient (Wildman–Crippen LogP) is 2.83. The van der Waals surface area contributed by atoms with Gasteiger partial charge in [0.25, 0.3) is 0 Å². The van der Waals surface area contributed by atoms with E-state index in [1.54, 1.807) is 0 Å². The fraction of sp³-hybridized carbons (Fsp3) is 0.632. The second kappa shape index (κ2) is 14.5. The highest BCUT2D eigenvalue weighted by Crippen LogP contribution is 2.36. The summed E-state index contributed by atoms with van der Waals surface area (Å²) in [6, 6.07) is 4.88. The molecule has 1 heterocycles. The number of unbranched alkanes of at least 4 members (excludes halogenated alkanes) is 1. The van der Waals surface area contributed by atoms with Crippen molar-refractivity contribution in [3.05, 3.63) is 34.2 Å². The van der Waals surface area contributed by atoms with E-state index in [1.807, 2.05) is 38.2 Å². The van der Waals surface area contributed by atoms with Crippen LogP contribution < -0.4 is 15.2 Å². The van der Waals surface area contributed by atoms with E-state index in [0.717, 1.165) is 29.2 Å². The monoisotopic (exact) mass is 602 g/mol. The van der Waals surface area contributed by atoms with E-state index in [0.29, 0.717) is 6.54 Å². The van der Waals surface area contributed by atoms with Crippen LogP contribution in [0.3, 0.4) is 0 Å². The summed E-state index contributed by atoms with van der Waals surface area (Å²) in [5.74, 6) is -0.479. The first-order valence-corrected chi connectivity index (χ1v) is 13.5. The van der Waals surface area contributed by atoms with Gasteiger partial charge < -0.3 is 19.5 Å². The molecule has 38 heavy (non-hydrogen) atoms. The number of sulfonamides is 2. The quantitative estimate of drug-likeness (QED) is 0.237. The minimum atomic E-state index is -6.72. The first-order valence-electron chi connectivity index (χ1n) is 10.7.